The van der Waals surface area contributed by atoms with Crippen LogP contribution in [0.15, 0.2) is 27.6 Å². The summed E-state index contributed by atoms with van der Waals surface area (Å²) in [4.78, 5) is 16.5. The van der Waals surface area contributed by atoms with Crippen molar-refractivity contribution in [1.82, 2.24) is 20.4 Å². The van der Waals surface area contributed by atoms with Crippen LogP contribution in [-0.4, -0.2) is 39.6 Å². The lowest BCUT2D eigenvalue weighted by Crippen LogP contribution is -2.06. The molecule has 2 heterocycles. The van der Waals surface area contributed by atoms with Gasteiger partial charge in [-0.2, -0.15) is 5.21 Å². The third kappa shape index (κ3) is 4.29. The van der Waals surface area contributed by atoms with E-state index in [0.29, 0.717) is 11.6 Å². The summed E-state index contributed by atoms with van der Waals surface area (Å²) < 4.78 is 12.5. The second-order valence-electron chi connectivity index (χ2n) is 5.11. The molecule has 0 aliphatic carbocycles. The highest BCUT2D eigenvalue weighted by atomic mass is 32.2. The van der Waals surface area contributed by atoms with Crippen LogP contribution < -0.4 is 4.74 Å². The molecule has 0 aliphatic heterocycles. The van der Waals surface area contributed by atoms with E-state index in [1.807, 2.05) is 18.2 Å². The van der Waals surface area contributed by atoms with Crippen LogP contribution in [0.5, 0.6) is 5.75 Å². The highest BCUT2D eigenvalue weighted by molar-refractivity contribution is 8.01. The smallest absolute Gasteiger partial charge is 0.361 e. The summed E-state index contributed by atoms with van der Waals surface area (Å²) in [5.41, 5.74) is 1.04. The van der Waals surface area contributed by atoms with Crippen LogP contribution in [0.2, 0.25) is 0 Å². The third-order valence-electron chi connectivity index (χ3n) is 3.27. The van der Waals surface area contributed by atoms with E-state index in [1.165, 1.54) is 23.1 Å². The molecule has 1 aromatic carbocycles. The molecule has 2 aromatic heterocycles. The molecule has 0 amide bonds. The Morgan fingerprint density at radius 3 is 3.00 bits per heavy atom. The summed E-state index contributed by atoms with van der Waals surface area (Å²) in [5, 5.41) is 10.8. The van der Waals surface area contributed by atoms with Crippen LogP contribution in [0, 0.1) is 0 Å². The Balaban J connectivity index is 1.76. The minimum Gasteiger partial charge on any atom is -0.494 e. The maximum absolute atomic E-state index is 11.9. The Morgan fingerprint density at radius 1 is 1.32 bits per heavy atom. The van der Waals surface area contributed by atoms with Crippen molar-refractivity contribution in [2.45, 2.75) is 36.1 Å². The zero-order valence-electron chi connectivity index (χ0n) is 13.9. The molecule has 7 nitrogen and oxygen atoms in total. The molecule has 3 rings (SSSR count). The first-order valence-electron chi connectivity index (χ1n) is 8.00. The predicted molar refractivity (Wildman–Crippen MR) is 96.5 cm³/mol. The molecule has 0 spiro atoms. The molecule has 132 valence electrons. The van der Waals surface area contributed by atoms with Gasteiger partial charge >= 0.3 is 5.97 Å². The van der Waals surface area contributed by atoms with Gasteiger partial charge in [0.2, 0.25) is 5.69 Å². The van der Waals surface area contributed by atoms with E-state index in [9.17, 15) is 4.79 Å². The lowest BCUT2D eigenvalue weighted by atomic mass is 10.3. The van der Waals surface area contributed by atoms with Gasteiger partial charge in [0.25, 0.3) is 0 Å². The molecular weight excluding hydrogens is 360 g/mol. The van der Waals surface area contributed by atoms with Crippen LogP contribution in [0.4, 0.5) is 0 Å². The minimum atomic E-state index is -0.494. The fourth-order valence-electron chi connectivity index (χ4n) is 2.06. The highest BCUT2D eigenvalue weighted by Gasteiger charge is 2.20. The van der Waals surface area contributed by atoms with Gasteiger partial charge in [0.15, 0.2) is 9.37 Å². The fraction of sp³-hybridized carbons (Fsp3) is 0.375. The van der Waals surface area contributed by atoms with E-state index < -0.39 is 5.97 Å². The zero-order valence-corrected chi connectivity index (χ0v) is 15.6. The quantitative estimate of drug-likeness (QED) is 0.469. The molecule has 0 atom stereocenters. The van der Waals surface area contributed by atoms with E-state index in [4.69, 9.17) is 9.47 Å². The molecule has 0 saturated carbocycles. The number of aromatic nitrogens is 4. The second kappa shape index (κ2) is 8.30. The van der Waals surface area contributed by atoms with Gasteiger partial charge in [-0.1, -0.05) is 13.3 Å². The van der Waals surface area contributed by atoms with Crippen molar-refractivity contribution in [2.75, 3.05) is 13.2 Å². The Kier molecular flexibility index (Phi) is 5.87. The van der Waals surface area contributed by atoms with Crippen LogP contribution >= 0.6 is 23.1 Å². The van der Waals surface area contributed by atoms with Gasteiger partial charge in [-0.15, -0.1) is 21.5 Å². The first-order chi connectivity index (χ1) is 12.2. The van der Waals surface area contributed by atoms with Crippen molar-refractivity contribution >= 4 is 39.3 Å². The van der Waals surface area contributed by atoms with Gasteiger partial charge in [-0.05, 0) is 37.2 Å². The molecular formula is C16H18N4O3S2. The molecule has 3 aromatic rings. The summed E-state index contributed by atoms with van der Waals surface area (Å²) in [5.74, 6) is 0.322. The first kappa shape index (κ1) is 17.7. The second-order valence-corrected chi connectivity index (χ2v) is 7.38. The first-order valence-corrected chi connectivity index (χ1v) is 9.63. The van der Waals surface area contributed by atoms with Gasteiger partial charge in [-0.25, -0.2) is 9.78 Å². The number of H-pyrrole nitrogens is 1. The average molecular weight is 378 g/mol. The summed E-state index contributed by atoms with van der Waals surface area (Å²) in [7, 11) is 0. The number of esters is 1. The Morgan fingerprint density at radius 2 is 2.20 bits per heavy atom. The summed E-state index contributed by atoms with van der Waals surface area (Å²) in [6.07, 6.45) is 2.12. The summed E-state index contributed by atoms with van der Waals surface area (Å²) >= 11 is 2.82. The number of nitrogens with one attached hydrogen (secondary N) is 1. The SMILES string of the molecule is CCCCOc1ccc2sc(Sc3n[nH]nc3C(=O)OCC)nc2c1. The summed E-state index contributed by atoms with van der Waals surface area (Å²) in [6.45, 7) is 4.87. The number of fused-ring (bicyclic) bond motifs is 1. The average Bonchev–Trinajstić information content (AvgIpc) is 3.21. The summed E-state index contributed by atoms with van der Waals surface area (Å²) in [6, 6.07) is 5.87. The number of carbonyl (C=O) groups excluding carboxylic acids is 1. The lowest BCUT2D eigenvalue weighted by Gasteiger charge is -2.04. The fourth-order valence-corrected chi connectivity index (χ4v) is 4.03. The van der Waals surface area contributed by atoms with E-state index in [2.05, 4.69) is 27.3 Å². The lowest BCUT2D eigenvalue weighted by molar-refractivity contribution is 0.0515. The van der Waals surface area contributed by atoms with Gasteiger partial charge in [0.1, 0.15) is 5.75 Å². The number of ether oxygens (including phenoxy) is 2. The molecule has 0 saturated heterocycles. The van der Waals surface area contributed by atoms with Crippen molar-refractivity contribution in [3.63, 3.8) is 0 Å². The van der Waals surface area contributed by atoms with Crippen LogP contribution in [0.3, 0.4) is 0 Å². The largest absolute Gasteiger partial charge is 0.494 e. The van der Waals surface area contributed by atoms with Crippen molar-refractivity contribution in [2.24, 2.45) is 0 Å². The third-order valence-corrected chi connectivity index (χ3v) is 5.35. The van der Waals surface area contributed by atoms with Gasteiger partial charge in [0, 0.05) is 6.07 Å². The van der Waals surface area contributed by atoms with Crippen molar-refractivity contribution in [3.8, 4) is 5.75 Å². The van der Waals surface area contributed by atoms with Gasteiger partial charge in [-0.3, -0.25) is 0 Å². The Labute approximate surface area is 153 Å². The normalized spacial score (nSPS) is 11.0. The maximum Gasteiger partial charge on any atom is 0.361 e. The Hall–Kier alpha value is -2.13. The molecule has 25 heavy (non-hydrogen) atoms. The number of nitrogens with zero attached hydrogens (tertiary/aromatic N) is 3. The number of thiazole rings is 1. The minimum absolute atomic E-state index is 0.176. The van der Waals surface area contributed by atoms with Gasteiger partial charge in [0.05, 0.1) is 23.4 Å². The molecule has 1 N–H and O–H groups in total. The molecule has 9 heteroatoms. The van der Waals surface area contributed by atoms with Crippen LogP contribution in [-0.2, 0) is 4.74 Å². The van der Waals surface area contributed by atoms with E-state index in [0.717, 1.165) is 33.1 Å². The molecule has 0 bridgehead atoms. The van der Waals surface area contributed by atoms with Crippen molar-refractivity contribution < 1.29 is 14.3 Å². The molecule has 0 unspecified atom stereocenters. The number of hydrogen-bond acceptors (Lipinski definition) is 8. The maximum atomic E-state index is 11.9. The molecule has 0 radical (unpaired) electrons. The number of carbonyl (C=O) groups is 1. The molecule has 0 fully saturated rings. The number of benzene rings is 1. The number of aromatic amines is 1. The highest BCUT2D eigenvalue weighted by Crippen LogP contribution is 2.35. The van der Waals surface area contributed by atoms with E-state index >= 15 is 0 Å². The Bertz CT molecular complexity index is 862. The number of unbranched alkanes of at least 4 members (excludes halogenated alkanes) is 1. The molecule has 0 aliphatic rings. The van der Waals surface area contributed by atoms with Crippen LogP contribution in [0.25, 0.3) is 10.2 Å². The van der Waals surface area contributed by atoms with Crippen molar-refractivity contribution in [1.29, 1.82) is 0 Å². The van der Waals surface area contributed by atoms with Crippen molar-refractivity contribution in [3.05, 3.63) is 23.9 Å². The standard InChI is InChI=1S/C16H18N4O3S2/c1-3-5-8-23-10-6-7-12-11(9-10)17-16(24-12)25-14-13(18-20-19-14)15(21)22-4-2/h6-7,9H,3-5,8H2,1-2H3,(H,18,19,20). The van der Waals surface area contributed by atoms with E-state index in [-0.39, 0.29) is 12.3 Å². The zero-order chi connectivity index (χ0) is 17.6. The monoisotopic (exact) mass is 378 g/mol. The van der Waals surface area contributed by atoms with E-state index in [1.54, 1.807) is 6.92 Å². The predicted octanol–water partition coefficient (Wildman–Crippen LogP) is 3.92. The topological polar surface area (TPSA) is 90.0 Å². The van der Waals surface area contributed by atoms with Crippen LogP contribution in [0.1, 0.15) is 37.2 Å². The number of rotatable bonds is 8. The number of hydrogen-bond donors (Lipinski definition) is 1. The van der Waals surface area contributed by atoms with Gasteiger partial charge < -0.3 is 9.47 Å².